The number of fused-ring (bicyclic) bond motifs is 1. The number of esters is 1. The summed E-state index contributed by atoms with van der Waals surface area (Å²) in [6.45, 7) is 9.81. The Kier molecular flexibility index (Phi) is 13.7. The summed E-state index contributed by atoms with van der Waals surface area (Å²) >= 11 is 2.52. The molecule has 6 rings (SSSR count). The minimum atomic E-state index is -0.781. The predicted octanol–water partition coefficient (Wildman–Crippen LogP) is 9.41. The molecule has 1 aromatic heterocycles. The highest BCUT2D eigenvalue weighted by Gasteiger charge is 2.34. The fraction of sp³-hybridized carbons (Fsp3) is 0.239. The van der Waals surface area contributed by atoms with Crippen molar-refractivity contribution in [2.75, 3.05) is 23.8 Å². The van der Waals surface area contributed by atoms with Crippen LogP contribution in [0.5, 0.6) is 0 Å². The predicted molar refractivity (Wildman–Crippen MR) is 232 cm³/mol. The lowest BCUT2D eigenvalue weighted by molar-refractivity contribution is -0.116. The van der Waals surface area contributed by atoms with Crippen molar-refractivity contribution in [2.45, 2.75) is 63.3 Å². The fourth-order valence-corrected chi connectivity index (χ4v) is 8.66. The summed E-state index contributed by atoms with van der Waals surface area (Å²) in [6.07, 6.45) is 1.57. The molecule has 2 heterocycles. The molecule has 0 fully saturated rings. The highest BCUT2D eigenvalue weighted by Crippen LogP contribution is 2.41. The molecule has 3 N–H and O–H groups in total. The zero-order valence-corrected chi connectivity index (χ0v) is 35.1. The van der Waals surface area contributed by atoms with Crippen molar-refractivity contribution in [3.63, 3.8) is 0 Å². The number of hydrogen-bond donors (Lipinski definition) is 3. The Morgan fingerprint density at radius 2 is 1.59 bits per heavy atom. The Morgan fingerprint density at radius 3 is 2.29 bits per heavy atom. The maximum atomic E-state index is 14.4. The van der Waals surface area contributed by atoms with Crippen molar-refractivity contribution in [3.05, 3.63) is 153 Å². The molecule has 1 aliphatic heterocycles. The van der Waals surface area contributed by atoms with E-state index in [0.717, 1.165) is 21.6 Å². The van der Waals surface area contributed by atoms with Crippen LogP contribution in [0.4, 0.5) is 15.5 Å². The van der Waals surface area contributed by atoms with E-state index < -0.39 is 34.7 Å². The molecule has 304 valence electrons. The highest BCUT2D eigenvalue weighted by molar-refractivity contribution is 8.00. The van der Waals surface area contributed by atoms with Gasteiger partial charge in [-0.05, 0) is 94.1 Å². The lowest BCUT2D eigenvalue weighted by Crippen LogP contribution is -2.39. The zero-order chi connectivity index (χ0) is 42.1. The number of nitrogens with zero attached hydrogens (tertiary/aromatic N) is 1. The van der Waals surface area contributed by atoms with E-state index in [1.165, 1.54) is 23.1 Å². The van der Waals surface area contributed by atoms with Crippen LogP contribution in [0, 0.1) is 6.92 Å². The minimum Gasteiger partial charge on any atom is -0.462 e. The molecule has 0 saturated carbocycles. The molecule has 0 spiro atoms. The second-order valence-corrected chi connectivity index (χ2v) is 17.0. The largest absolute Gasteiger partial charge is 0.462 e. The number of carbonyl (C=O) groups is 5. The number of anilines is 2. The van der Waals surface area contributed by atoms with Crippen LogP contribution in [0.15, 0.2) is 120 Å². The molecule has 1 atom stereocenters. The van der Waals surface area contributed by atoms with Gasteiger partial charge < -0.3 is 30.3 Å². The second kappa shape index (κ2) is 19.0. The number of hydrogen-bond acceptors (Lipinski definition) is 9. The lowest BCUT2D eigenvalue weighted by Gasteiger charge is -2.30. The average molecular weight is 831 g/mol. The Balaban J connectivity index is 1.25. The van der Waals surface area contributed by atoms with Gasteiger partial charge in [-0.3, -0.25) is 14.4 Å². The molecule has 5 aromatic rings. The normalized spacial score (nSPS) is 13.1. The maximum Gasteiger partial charge on any atom is 0.410 e. The molecule has 0 radical (unpaired) electrons. The molecule has 1 unspecified atom stereocenters. The van der Waals surface area contributed by atoms with Gasteiger partial charge in [0, 0.05) is 27.6 Å². The summed E-state index contributed by atoms with van der Waals surface area (Å²) in [5.41, 5.74) is 3.71. The summed E-state index contributed by atoms with van der Waals surface area (Å²) < 4.78 is 11.0. The van der Waals surface area contributed by atoms with E-state index in [1.54, 1.807) is 81.1 Å². The van der Waals surface area contributed by atoms with Gasteiger partial charge in [-0.2, -0.15) is 0 Å². The van der Waals surface area contributed by atoms with Crippen molar-refractivity contribution in [2.24, 2.45) is 0 Å². The standard InChI is InChI=1S/C46H46N4O7S2/c1-6-56-44(54)38-35-23-24-50(45(55)57-46(3,4)5)28-37(35)59-43(38)49-42(53)39(31-17-9-7-10-18-31)58-34-22-14-21-33(27-34)47-41(52)36(26-30-16-13-15-29(2)25-30)48-40(51)32-19-11-8-12-20-32/h7-22,25-27,39H,6,23-24,28H2,1-5H3,(H,47,52)(H,48,51)(H,49,53)/b36-26+. The van der Waals surface area contributed by atoms with Crippen molar-refractivity contribution in [3.8, 4) is 0 Å². The second-order valence-electron chi connectivity index (χ2n) is 14.8. The van der Waals surface area contributed by atoms with Crippen LogP contribution in [0.1, 0.15) is 80.8 Å². The van der Waals surface area contributed by atoms with Crippen molar-refractivity contribution >= 4 is 69.6 Å². The molecular formula is C46H46N4O7S2. The Labute approximate surface area is 352 Å². The zero-order valence-electron chi connectivity index (χ0n) is 33.5. The van der Waals surface area contributed by atoms with Crippen molar-refractivity contribution < 1.29 is 33.4 Å². The minimum absolute atomic E-state index is 0.0503. The molecule has 1 aliphatic rings. The number of carbonyl (C=O) groups excluding carboxylic acids is 5. The molecule has 13 heteroatoms. The van der Waals surface area contributed by atoms with Crippen LogP contribution in [-0.4, -0.2) is 53.4 Å². The number of thiophene rings is 1. The molecule has 4 aromatic carbocycles. The Morgan fingerprint density at radius 1 is 0.881 bits per heavy atom. The summed E-state index contributed by atoms with van der Waals surface area (Å²) in [7, 11) is 0. The quantitative estimate of drug-likeness (QED) is 0.0642. The third-order valence-corrected chi connectivity index (χ3v) is 11.4. The van der Waals surface area contributed by atoms with Gasteiger partial charge in [0.25, 0.3) is 11.8 Å². The fourth-order valence-electron chi connectivity index (χ4n) is 6.32. The number of nitrogens with one attached hydrogen (secondary N) is 3. The van der Waals surface area contributed by atoms with Gasteiger partial charge >= 0.3 is 12.1 Å². The summed E-state index contributed by atoms with van der Waals surface area (Å²) in [6, 6.07) is 32.6. The first-order valence-corrected chi connectivity index (χ1v) is 20.9. The van der Waals surface area contributed by atoms with Crippen LogP contribution in [0.25, 0.3) is 6.08 Å². The number of thioether (sulfide) groups is 1. The first-order valence-electron chi connectivity index (χ1n) is 19.2. The Bertz CT molecular complexity index is 2370. The maximum absolute atomic E-state index is 14.4. The van der Waals surface area contributed by atoms with Gasteiger partial charge in [-0.15, -0.1) is 23.1 Å². The van der Waals surface area contributed by atoms with E-state index in [9.17, 15) is 24.0 Å². The third-order valence-electron chi connectivity index (χ3n) is 8.99. The molecule has 0 aliphatic carbocycles. The molecular weight excluding hydrogens is 785 g/mol. The van der Waals surface area contributed by atoms with Gasteiger partial charge in [0.1, 0.15) is 21.5 Å². The van der Waals surface area contributed by atoms with Crippen LogP contribution in [-0.2, 0) is 32.0 Å². The van der Waals surface area contributed by atoms with Crippen molar-refractivity contribution in [1.82, 2.24) is 10.2 Å². The van der Waals surface area contributed by atoms with Gasteiger partial charge in [0.2, 0.25) is 5.91 Å². The smallest absolute Gasteiger partial charge is 0.410 e. The number of ether oxygens (including phenoxy) is 2. The lowest BCUT2D eigenvalue weighted by atomic mass is 10.0. The van der Waals surface area contributed by atoms with E-state index in [0.29, 0.717) is 45.2 Å². The number of aryl methyl sites for hydroxylation is 1. The number of benzene rings is 4. The first kappa shape index (κ1) is 42.4. The molecule has 4 amide bonds. The van der Waals surface area contributed by atoms with Crippen LogP contribution in [0.3, 0.4) is 0 Å². The molecule has 59 heavy (non-hydrogen) atoms. The topological polar surface area (TPSA) is 143 Å². The van der Waals surface area contributed by atoms with E-state index in [-0.39, 0.29) is 24.8 Å². The van der Waals surface area contributed by atoms with Crippen LogP contribution >= 0.6 is 23.1 Å². The summed E-state index contributed by atoms with van der Waals surface area (Å²) in [5.74, 6) is -1.89. The van der Waals surface area contributed by atoms with Crippen molar-refractivity contribution in [1.29, 1.82) is 0 Å². The highest BCUT2D eigenvalue weighted by atomic mass is 32.2. The molecule has 0 saturated heterocycles. The van der Waals surface area contributed by atoms with E-state index in [1.807, 2.05) is 73.7 Å². The van der Waals surface area contributed by atoms with E-state index in [4.69, 9.17) is 9.47 Å². The molecule has 0 bridgehead atoms. The third kappa shape index (κ3) is 11.3. The average Bonchev–Trinajstić information content (AvgIpc) is 3.57. The van der Waals surface area contributed by atoms with E-state index >= 15 is 0 Å². The molecule has 11 nitrogen and oxygen atoms in total. The summed E-state index contributed by atoms with van der Waals surface area (Å²) in [5, 5.41) is 8.29. The van der Waals surface area contributed by atoms with Gasteiger partial charge in [-0.25, -0.2) is 9.59 Å². The van der Waals surface area contributed by atoms with Gasteiger partial charge in [0.15, 0.2) is 0 Å². The van der Waals surface area contributed by atoms with E-state index in [2.05, 4.69) is 16.0 Å². The van der Waals surface area contributed by atoms with Gasteiger partial charge in [0.05, 0.1) is 18.7 Å². The summed E-state index contributed by atoms with van der Waals surface area (Å²) in [4.78, 5) is 70.8. The van der Waals surface area contributed by atoms with Crippen LogP contribution in [0.2, 0.25) is 0 Å². The number of rotatable bonds is 12. The monoisotopic (exact) mass is 830 g/mol. The first-order chi connectivity index (χ1) is 28.3. The SMILES string of the molecule is CCOC(=O)c1c(NC(=O)C(Sc2cccc(NC(=O)/C(=C\c3cccc(C)c3)NC(=O)c3ccccc3)c2)c2ccccc2)sc2c1CCN(C(=O)OC(C)(C)C)C2. The van der Waals surface area contributed by atoms with Gasteiger partial charge in [-0.1, -0.05) is 84.4 Å². The number of amides is 4. The Hall–Kier alpha value is -6.18. The van der Waals surface area contributed by atoms with Crippen LogP contribution < -0.4 is 16.0 Å².